The van der Waals surface area contributed by atoms with Crippen LogP contribution in [0.2, 0.25) is 0 Å². The van der Waals surface area contributed by atoms with E-state index in [9.17, 15) is 0 Å². The maximum Gasteiger partial charge on any atom is 0.232 e. The van der Waals surface area contributed by atoms with Crippen molar-refractivity contribution >= 4 is 29.0 Å². The quantitative estimate of drug-likeness (QED) is 0.292. The van der Waals surface area contributed by atoms with Gasteiger partial charge in [0.1, 0.15) is 0 Å². The molecule has 31 heavy (non-hydrogen) atoms. The summed E-state index contributed by atoms with van der Waals surface area (Å²) in [5, 5.41) is 16.0. The summed E-state index contributed by atoms with van der Waals surface area (Å²) in [6.45, 7) is 3.06. The first-order valence-electron chi connectivity index (χ1n) is 10.2. The molecule has 1 saturated heterocycles. The maximum absolute atomic E-state index is 5.50. The molecule has 4 aromatic rings. The molecular weight excluding hydrogens is 432 g/mol. The number of para-hydroxylation sites is 1. The second-order valence-corrected chi connectivity index (χ2v) is 9.00. The van der Waals surface area contributed by atoms with Crippen LogP contribution in [0, 0.1) is 0 Å². The number of thioether (sulfide) groups is 1. The lowest BCUT2D eigenvalue weighted by molar-refractivity contribution is 0.122. The summed E-state index contributed by atoms with van der Waals surface area (Å²) >= 11 is 3.30. The third-order valence-corrected chi connectivity index (χ3v) is 6.78. The Hall–Kier alpha value is -2.69. The van der Waals surface area contributed by atoms with Gasteiger partial charge in [-0.15, -0.1) is 21.5 Å². The Morgan fingerprint density at radius 1 is 1.03 bits per heavy atom. The number of hydrogen-bond acceptors (Lipinski definition) is 9. The fraction of sp³-hybridized carbons (Fsp3) is 0.333. The van der Waals surface area contributed by atoms with Crippen LogP contribution in [0.5, 0.6) is 0 Å². The van der Waals surface area contributed by atoms with Gasteiger partial charge in [0.25, 0.3) is 0 Å². The van der Waals surface area contributed by atoms with Crippen LogP contribution in [0.3, 0.4) is 0 Å². The minimum absolute atomic E-state index is 0.664. The van der Waals surface area contributed by atoms with Gasteiger partial charge in [0.15, 0.2) is 5.16 Å². The first kappa shape index (κ1) is 20.2. The van der Waals surface area contributed by atoms with E-state index in [4.69, 9.17) is 9.26 Å². The summed E-state index contributed by atoms with van der Waals surface area (Å²) in [4.78, 5) is 7.76. The average Bonchev–Trinajstić information content (AvgIpc) is 3.59. The lowest BCUT2D eigenvalue weighted by atomic mass is 10.3. The Kier molecular flexibility index (Phi) is 6.28. The normalized spacial score (nSPS) is 14.3. The topological polar surface area (TPSA) is 82.1 Å². The Labute approximate surface area is 188 Å². The van der Waals surface area contributed by atoms with E-state index in [0.29, 0.717) is 24.9 Å². The number of aryl methyl sites for hydroxylation is 1. The predicted molar refractivity (Wildman–Crippen MR) is 121 cm³/mol. The molecular formula is C21H22N6O2S2. The van der Waals surface area contributed by atoms with E-state index in [0.717, 1.165) is 53.4 Å². The lowest BCUT2D eigenvalue weighted by Gasteiger charge is -2.27. The number of ether oxygens (including phenoxy) is 1. The minimum Gasteiger partial charge on any atom is -0.378 e. The molecule has 0 spiro atoms. The van der Waals surface area contributed by atoms with Crippen molar-refractivity contribution in [3.63, 3.8) is 0 Å². The number of benzene rings is 1. The van der Waals surface area contributed by atoms with Gasteiger partial charge >= 0.3 is 0 Å². The second-order valence-electron chi connectivity index (χ2n) is 6.99. The number of rotatable bonds is 8. The summed E-state index contributed by atoms with van der Waals surface area (Å²) in [6, 6.07) is 14.2. The zero-order chi connectivity index (χ0) is 20.9. The van der Waals surface area contributed by atoms with Gasteiger partial charge in [0.2, 0.25) is 17.7 Å². The van der Waals surface area contributed by atoms with Crippen LogP contribution in [0.4, 0.5) is 5.95 Å². The summed E-state index contributed by atoms with van der Waals surface area (Å²) in [5.41, 5.74) is 1.06. The number of anilines is 1. The molecule has 3 aromatic heterocycles. The summed E-state index contributed by atoms with van der Waals surface area (Å²) in [6.07, 6.45) is 1.65. The molecule has 0 atom stereocenters. The van der Waals surface area contributed by atoms with Crippen molar-refractivity contribution in [2.75, 3.05) is 37.0 Å². The van der Waals surface area contributed by atoms with Crippen LogP contribution in [0.25, 0.3) is 16.4 Å². The predicted octanol–water partition coefficient (Wildman–Crippen LogP) is 3.94. The van der Waals surface area contributed by atoms with Gasteiger partial charge in [0.05, 0.1) is 23.8 Å². The Balaban J connectivity index is 1.25. The number of morpholine rings is 1. The number of aromatic nitrogens is 5. The molecule has 0 amide bonds. The van der Waals surface area contributed by atoms with E-state index in [-0.39, 0.29) is 0 Å². The van der Waals surface area contributed by atoms with Crippen molar-refractivity contribution in [1.82, 2.24) is 24.9 Å². The molecule has 4 heterocycles. The first-order valence-corrected chi connectivity index (χ1v) is 12.1. The fourth-order valence-electron chi connectivity index (χ4n) is 3.38. The average molecular weight is 455 g/mol. The lowest BCUT2D eigenvalue weighted by Crippen LogP contribution is -2.37. The standard InChI is InChI=1S/C21H22N6O2S2/c1-2-6-16(7-3-1)27-20(26-10-12-28-13-11-26)23-24-21(27)31-15-5-9-18-22-19(25-29-18)17-8-4-14-30-17/h1-4,6-8,14H,5,9-13,15H2. The van der Waals surface area contributed by atoms with Gasteiger partial charge in [-0.1, -0.05) is 41.2 Å². The summed E-state index contributed by atoms with van der Waals surface area (Å²) in [7, 11) is 0. The number of thiophene rings is 1. The maximum atomic E-state index is 5.50. The van der Waals surface area contributed by atoms with Crippen molar-refractivity contribution in [2.24, 2.45) is 0 Å². The molecule has 1 fully saturated rings. The van der Waals surface area contributed by atoms with Crippen LogP contribution < -0.4 is 4.90 Å². The highest BCUT2D eigenvalue weighted by Crippen LogP contribution is 2.28. The summed E-state index contributed by atoms with van der Waals surface area (Å²) < 4.78 is 13.0. The third-order valence-electron chi connectivity index (χ3n) is 4.90. The monoisotopic (exact) mass is 454 g/mol. The van der Waals surface area contributed by atoms with E-state index in [1.54, 1.807) is 23.1 Å². The van der Waals surface area contributed by atoms with Crippen molar-refractivity contribution in [2.45, 2.75) is 18.0 Å². The highest BCUT2D eigenvalue weighted by Gasteiger charge is 2.21. The van der Waals surface area contributed by atoms with Gasteiger partial charge in [0, 0.05) is 25.3 Å². The largest absolute Gasteiger partial charge is 0.378 e. The van der Waals surface area contributed by atoms with Gasteiger partial charge < -0.3 is 14.2 Å². The van der Waals surface area contributed by atoms with Gasteiger partial charge in [-0.2, -0.15) is 4.98 Å². The molecule has 1 aliphatic rings. The Morgan fingerprint density at radius 3 is 2.71 bits per heavy atom. The number of hydrogen-bond donors (Lipinski definition) is 0. The van der Waals surface area contributed by atoms with Crippen molar-refractivity contribution in [3.8, 4) is 16.4 Å². The van der Waals surface area contributed by atoms with Crippen LogP contribution in [0.15, 0.2) is 57.5 Å². The summed E-state index contributed by atoms with van der Waals surface area (Å²) in [5.74, 6) is 3.08. The Morgan fingerprint density at radius 2 is 1.90 bits per heavy atom. The molecule has 160 valence electrons. The van der Waals surface area contributed by atoms with Crippen LogP contribution in [-0.4, -0.2) is 57.0 Å². The van der Waals surface area contributed by atoms with Crippen molar-refractivity contribution in [1.29, 1.82) is 0 Å². The van der Waals surface area contributed by atoms with Crippen molar-refractivity contribution < 1.29 is 9.26 Å². The van der Waals surface area contributed by atoms with Crippen LogP contribution in [0.1, 0.15) is 12.3 Å². The van der Waals surface area contributed by atoms with E-state index < -0.39 is 0 Å². The number of nitrogens with zero attached hydrogens (tertiary/aromatic N) is 6. The molecule has 0 saturated carbocycles. The molecule has 10 heteroatoms. The zero-order valence-electron chi connectivity index (χ0n) is 16.9. The molecule has 5 rings (SSSR count). The van der Waals surface area contributed by atoms with Gasteiger partial charge in [-0.3, -0.25) is 4.57 Å². The van der Waals surface area contributed by atoms with Crippen LogP contribution in [-0.2, 0) is 11.2 Å². The van der Waals surface area contributed by atoms with Gasteiger partial charge in [-0.05, 0) is 30.0 Å². The zero-order valence-corrected chi connectivity index (χ0v) is 18.5. The molecule has 0 N–H and O–H groups in total. The molecule has 0 bridgehead atoms. The van der Waals surface area contributed by atoms with E-state index >= 15 is 0 Å². The molecule has 1 aromatic carbocycles. The molecule has 0 radical (unpaired) electrons. The smallest absolute Gasteiger partial charge is 0.232 e. The van der Waals surface area contributed by atoms with E-state index in [1.807, 2.05) is 35.7 Å². The molecule has 1 aliphatic heterocycles. The second kappa shape index (κ2) is 9.63. The highest BCUT2D eigenvalue weighted by atomic mass is 32.2. The first-order chi connectivity index (χ1) is 15.4. The van der Waals surface area contributed by atoms with Crippen molar-refractivity contribution in [3.05, 3.63) is 53.7 Å². The fourth-order valence-corrected chi connectivity index (χ4v) is 4.91. The Bertz CT molecular complexity index is 1090. The van der Waals surface area contributed by atoms with E-state index in [2.05, 4.69) is 41.9 Å². The van der Waals surface area contributed by atoms with E-state index in [1.165, 1.54) is 0 Å². The SMILES string of the molecule is c1ccc(-n2c(SCCCc3nc(-c4cccs4)no3)nnc2N2CCOCC2)cc1. The minimum atomic E-state index is 0.664. The molecule has 8 nitrogen and oxygen atoms in total. The molecule has 0 aliphatic carbocycles. The van der Waals surface area contributed by atoms with Crippen LogP contribution >= 0.6 is 23.1 Å². The molecule has 0 unspecified atom stereocenters. The van der Waals surface area contributed by atoms with Gasteiger partial charge in [-0.25, -0.2) is 0 Å². The highest BCUT2D eigenvalue weighted by molar-refractivity contribution is 7.99. The third kappa shape index (κ3) is 4.65.